The van der Waals surface area contributed by atoms with E-state index in [0.717, 1.165) is 18.4 Å². The molecular weight excluding hydrogens is 258 g/mol. The first-order chi connectivity index (χ1) is 9.43. The highest BCUT2D eigenvalue weighted by Gasteiger charge is 2.48. The first-order valence-electron chi connectivity index (χ1n) is 6.65. The van der Waals surface area contributed by atoms with Crippen LogP contribution in [0.4, 0.5) is 4.79 Å². The fraction of sp³-hybridized carbons (Fsp3) is 0.500. The molecule has 108 valence electrons. The molecule has 1 aliphatic rings. The Morgan fingerprint density at radius 2 is 2.00 bits per heavy atom. The smallest absolute Gasteiger partial charge is 0.329 e. The predicted octanol–water partition coefficient (Wildman–Crippen LogP) is 1.70. The molecule has 6 heteroatoms. The minimum absolute atomic E-state index is 0.0157. The summed E-state index contributed by atoms with van der Waals surface area (Å²) in [5, 5.41) is 14.6. The molecule has 0 bridgehead atoms. The first-order valence-corrected chi connectivity index (χ1v) is 6.65. The van der Waals surface area contributed by atoms with Crippen molar-refractivity contribution in [2.45, 2.75) is 38.3 Å². The highest BCUT2D eigenvalue weighted by atomic mass is 16.4. The highest BCUT2D eigenvalue weighted by Crippen LogP contribution is 2.39. The monoisotopic (exact) mass is 277 g/mol. The van der Waals surface area contributed by atoms with Crippen molar-refractivity contribution in [3.63, 3.8) is 0 Å². The van der Waals surface area contributed by atoms with Gasteiger partial charge >= 0.3 is 12.0 Å². The standard InChI is InChI=1S/C14H19N3O3/c1-9(10-5-7-15-8-6-10)16-13(20)17-14(2,12(18)19)11-3-4-11/h5-9,11H,3-4H2,1-2H3,(H,18,19)(H2,16,17,20). The number of nitrogens with zero attached hydrogens (tertiary/aromatic N) is 1. The summed E-state index contributed by atoms with van der Waals surface area (Å²) in [5.41, 5.74) is -0.277. The third kappa shape index (κ3) is 3.07. The number of urea groups is 1. The van der Waals surface area contributed by atoms with Crippen molar-refractivity contribution in [2.24, 2.45) is 5.92 Å². The number of carbonyl (C=O) groups is 2. The van der Waals surface area contributed by atoms with Gasteiger partial charge in [0.05, 0.1) is 6.04 Å². The lowest BCUT2D eigenvalue weighted by atomic mass is 9.96. The molecule has 2 unspecified atom stereocenters. The predicted molar refractivity (Wildman–Crippen MR) is 73.1 cm³/mol. The van der Waals surface area contributed by atoms with E-state index in [1.165, 1.54) is 0 Å². The third-order valence-electron chi connectivity index (χ3n) is 3.77. The van der Waals surface area contributed by atoms with Gasteiger partial charge in [-0.3, -0.25) is 4.98 Å². The zero-order chi connectivity index (χ0) is 14.8. The van der Waals surface area contributed by atoms with E-state index in [1.54, 1.807) is 19.3 Å². The Kier molecular flexibility index (Phi) is 3.92. The average Bonchev–Trinajstić information content (AvgIpc) is 3.23. The van der Waals surface area contributed by atoms with Gasteiger partial charge in [-0.15, -0.1) is 0 Å². The number of carboxylic acids is 1. The average molecular weight is 277 g/mol. The molecule has 2 amide bonds. The summed E-state index contributed by atoms with van der Waals surface area (Å²) < 4.78 is 0. The molecule has 1 saturated carbocycles. The highest BCUT2D eigenvalue weighted by molar-refractivity contribution is 5.86. The van der Waals surface area contributed by atoms with Crippen molar-refractivity contribution < 1.29 is 14.7 Å². The Morgan fingerprint density at radius 3 is 2.50 bits per heavy atom. The third-order valence-corrected chi connectivity index (χ3v) is 3.77. The Bertz CT molecular complexity index is 502. The molecule has 1 aliphatic carbocycles. The lowest BCUT2D eigenvalue weighted by molar-refractivity contribution is -0.144. The second kappa shape index (κ2) is 5.48. The Labute approximate surface area is 117 Å². The summed E-state index contributed by atoms with van der Waals surface area (Å²) in [5.74, 6) is -0.978. The molecule has 1 aromatic heterocycles. The molecule has 2 atom stereocenters. The van der Waals surface area contributed by atoms with Gasteiger partial charge in [0, 0.05) is 12.4 Å². The minimum Gasteiger partial charge on any atom is -0.480 e. The normalized spacial score (nSPS) is 18.7. The number of pyridine rings is 1. The molecule has 0 aromatic carbocycles. The van der Waals surface area contributed by atoms with Crippen LogP contribution in [0.15, 0.2) is 24.5 Å². The summed E-state index contributed by atoms with van der Waals surface area (Å²) in [7, 11) is 0. The van der Waals surface area contributed by atoms with Gasteiger partial charge in [-0.25, -0.2) is 9.59 Å². The van der Waals surface area contributed by atoms with Gasteiger partial charge in [-0.2, -0.15) is 0 Å². The van der Waals surface area contributed by atoms with Crippen molar-refractivity contribution in [1.82, 2.24) is 15.6 Å². The summed E-state index contributed by atoms with van der Waals surface area (Å²) >= 11 is 0. The molecule has 1 aromatic rings. The van der Waals surface area contributed by atoms with E-state index >= 15 is 0 Å². The molecule has 3 N–H and O–H groups in total. The van der Waals surface area contributed by atoms with Gasteiger partial charge in [0.25, 0.3) is 0 Å². The number of aromatic nitrogens is 1. The summed E-state index contributed by atoms with van der Waals surface area (Å²) in [6.07, 6.45) is 4.97. The van der Waals surface area contributed by atoms with Gasteiger partial charge in [-0.1, -0.05) is 0 Å². The topological polar surface area (TPSA) is 91.3 Å². The SMILES string of the molecule is CC(NC(=O)NC(C)(C(=O)O)C1CC1)c1ccncc1. The summed E-state index contributed by atoms with van der Waals surface area (Å²) in [4.78, 5) is 27.2. The Hall–Kier alpha value is -2.11. The molecule has 0 spiro atoms. The summed E-state index contributed by atoms with van der Waals surface area (Å²) in [6.45, 7) is 3.40. The fourth-order valence-corrected chi connectivity index (χ4v) is 2.19. The van der Waals surface area contributed by atoms with Gasteiger partial charge in [0.1, 0.15) is 5.54 Å². The van der Waals surface area contributed by atoms with Crippen molar-refractivity contribution in [2.75, 3.05) is 0 Å². The van der Waals surface area contributed by atoms with Gasteiger partial charge in [0.15, 0.2) is 0 Å². The molecule has 0 radical (unpaired) electrons. The molecule has 1 fully saturated rings. The number of nitrogens with one attached hydrogen (secondary N) is 2. The number of aliphatic carboxylic acids is 1. The second-order valence-electron chi connectivity index (χ2n) is 5.38. The van der Waals surface area contributed by atoms with E-state index < -0.39 is 17.5 Å². The molecule has 6 nitrogen and oxygen atoms in total. The van der Waals surface area contributed by atoms with Crippen LogP contribution in [-0.2, 0) is 4.79 Å². The van der Waals surface area contributed by atoms with E-state index in [4.69, 9.17) is 0 Å². The Morgan fingerprint density at radius 1 is 1.40 bits per heavy atom. The maximum absolute atomic E-state index is 12.0. The van der Waals surface area contributed by atoms with Crippen LogP contribution in [0.2, 0.25) is 0 Å². The summed E-state index contributed by atoms with van der Waals surface area (Å²) in [6, 6.07) is 2.94. The number of hydrogen-bond acceptors (Lipinski definition) is 3. The lowest BCUT2D eigenvalue weighted by Crippen LogP contribution is -2.56. The largest absolute Gasteiger partial charge is 0.480 e. The molecule has 2 rings (SSSR count). The van der Waals surface area contributed by atoms with Crippen LogP contribution >= 0.6 is 0 Å². The van der Waals surface area contributed by atoms with Crippen LogP contribution in [0.5, 0.6) is 0 Å². The van der Waals surface area contributed by atoms with E-state index in [9.17, 15) is 14.7 Å². The van der Waals surface area contributed by atoms with E-state index in [-0.39, 0.29) is 12.0 Å². The zero-order valence-corrected chi connectivity index (χ0v) is 11.6. The number of carboxylic acid groups (broad SMARTS) is 1. The van der Waals surface area contributed by atoms with Crippen molar-refractivity contribution in [1.29, 1.82) is 0 Å². The van der Waals surface area contributed by atoms with Crippen molar-refractivity contribution in [3.8, 4) is 0 Å². The quantitative estimate of drug-likeness (QED) is 0.764. The number of rotatable bonds is 5. The minimum atomic E-state index is -1.19. The van der Waals surface area contributed by atoms with E-state index in [1.807, 2.05) is 19.1 Å². The van der Waals surface area contributed by atoms with Crippen molar-refractivity contribution in [3.05, 3.63) is 30.1 Å². The van der Waals surface area contributed by atoms with Crippen LogP contribution in [0.25, 0.3) is 0 Å². The van der Waals surface area contributed by atoms with E-state index in [2.05, 4.69) is 15.6 Å². The number of carbonyl (C=O) groups excluding carboxylic acids is 1. The Balaban J connectivity index is 1.97. The fourth-order valence-electron chi connectivity index (χ4n) is 2.19. The maximum atomic E-state index is 12.0. The lowest BCUT2D eigenvalue weighted by Gasteiger charge is -2.27. The van der Waals surface area contributed by atoms with Crippen LogP contribution in [0.3, 0.4) is 0 Å². The van der Waals surface area contributed by atoms with Gasteiger partial charge in [-0.05, 0) is 50.3 Å². The van der Waals surface area contributed by atoms with Crippen LogP contribution in [-0.4, -0.2) is 27.6 Å². The zero-order valence-electron chi connectivity index (χ0n) is 11.6. The molecular formula is C14H19N3O3. The molecule has 0 aliphatic heterocycles. The molecule has 1 heterocycles. The second-order valence-corrected chi connectivity index (χ2v) is 5.38. The first kappa shape index (κ1) is 14.3. The van der Waals surface area contributed by atoms with E-state index in [0.29, 0.717) is 0 Å². The van der Waals surface area contributed by atoms with Crippen LogP contribution in [0.1, 0.15) is 38.3 Å². The van der Waals surface area contributed by atoms with Crippen LogP contribution in [0, 0.1) is 5.92 Å². The molecule has 20 heavy (non-hydrogen) atoms. The van der Waals surface area contributed by atoms with Crippen molar-refractivity contribution >= 4 is 12.0 Å². The van der Waals surface area contributed by atoms with Gasteiger partial charge < -0.3 is 15.7 Å². The number of hydrogen-bond donors (Lipinski definition) is 3. The van der Waals surface area contributed by atoms with Crippen LogP contribution < -0.4 is 10.6 Å². The molecule has 0 saturated heterocycles. The van der Waals surface area contributed by atoms with Gasteiger partial charge in [0.2, 0.25) is 0 Å². The number of amides is 2. The maximum Gasteiger partial charge on any atom is 0.329 e.